The Labute approximate surface area is 110 Å². The summed E-state index contributed by atoms with van der Waals surface area (Å²) in [7, 11) is 6.32. The topological polar surface area (TPSA) is 31.4 Å². The van der Waals surface area contributed by atoms with Gasteiger partial charge in [-0.1, -0.05) is 0 Å². The maximum absolute atomic E-state index is 4.47. The molecular formula is C14H24N4. The van der Waals surface area contributed by atoms with Crippen LogP contribution in [0.15, 0.2) is 18.3 Å². The molecular weight excluding hydrogens is 224 g/mol. The van der Waals surface area contributed by atoms with Crippen LogP contribution >= 0.6 is 0 Å². The van der Waals surface area contributed by atoms with E-state index in [-0.39, 0.29) is 0 Å². The summed E-state index contributed by atoms with van der Waals surface area (Å²) in [4.78, 5) is 9.19. The lowest BCUT2D eigenvalue weighted by Crippen LogP contribution is -2.37. The molecule has 1 fully saturated rings. The molecule has 0 aliphatic carbocycles. The summed E-state index contributed by atoms with van der Waals surface area (Å²) < 4.78 is 0. The molecule has 4 nitrogen and oxygen atoms in total. The first-order valence-corrected chi connectivity index (χ1v) is 6.71. The van der Waals surface area contributed by atoms with Crippen molar-refractivity contribution in [2.75, 3.05) is 39.1 Å². The molecule has 0 amide bonds. The molecule has 2 heterocycles. The van der Waals surface area contributed by atoms with Crippen molar-refractivity contribution in [2.24, 2.45) is 0 Å². The molecule has 1 N–H and O–H groups in total. The van der Waals surface area contributed by atoms with Gasteiger partial charge in [-0.25, -0.2) is 4.98 Å². The van der Waals surface area contributed by atoms with Gasteiger partial charge in [0, 0.05) is 32.4 Å². The predicted molar refractivity (Wildman–Crippen MR) is 75.9 cm³/mol. The van der Waals surface area contributed by atoms with Crippen LogP contribution in [0.2, 0.25) is 0 Å². The summed E-state index contributed by atoms with van der Waals surface area (Å²) in [5, 5.41) is 3.18. The quantitative estimate of drug-likeness (QED) is 0.852. The molecule has 4 heteroatoms. The molecule has 1 unspecified atom stereocenters. The second-order valence-corrected chi connectivity index (χ2v) is 5.21. The van der Waals surface area contributed by atoms with Gasteiger partial charge < -0.3 is 15.1 Å². The van der Waals surface area contributed by atoms with E-state index in [1.807, 2.05) is 13.2 Å². The maximum Gasteiger partial charge on any atom is 0.128 e. The summed E-state index contributed by atoms with van der Waals surface area (Å²) in [6.07, 6.45) is 4.52. The summed E-state index contributed by atoms with van der Waals surface area (Å²) in [5.74, 6) is 1.07. The molecule has 18 heavy (non-hydrogen) atoms. The summed E-state index contributed by atoms with van der Waals surface area (Å²) in [6.45, 7) is 3.19. The smallest absolute Gasteiger partial charge is 0.128 e. The SMILES string of the molecule is CNCc1ccnc(N(C)CC2CCCN2C)c1. The summed E-state index contributed by atoms with van der Waals surface area (Å²) >= 11 is 0. The van der Waals surface area contributed by atoms with Gasteiger partial charge in [0.15, 0.2) is 0 Å². The van der Waals surface area contributed by atoms with Gasteiger partial charge in [0.2, 0.25) is 0 Å². The number of aromatic nitrogens is 1. The van der Waals surface area contributed by atoms with Crippen molar-refractivity contribution in [3.8, 4) is 0 Å². The predicted octanol–water partition coefficient (Wildman–Crippen LogP) is 1.33. The number of likely N-dealkylation sites (N-methyl/N-ethyl adjacent to an activating group) is 2. The van der Waals surface area contributed by atoms with Crippen molar-refractivity contribution in [2.45, 2.75) is 25.4 Å². The molecule has 0 radical (unpaired) electrons. The Kier molecular flexibility index (Phi) is 4.55. The lowest BCUT2D eigenvalue weighted by Gasteiger charge is -2.26. The maximum atomic E-state index is 4.47. The third kappa shape index (κ3) is 3.21. The molecule has 0 aromatic carbocycles. The number of anilines is 1. The van der Waals surface area contributed by atoms with Gasteiger partial charge in [-0.05, 0) is 51.2 Å². The Morgan fingerprint density at radius 1 is 1.56 bits per heavy atom. The first kappa shape index (κ1) is 13.3. The minimum absolute atomic E-state index is 0.671. The lowest BCUT2D eigenvalue weighted by molar-refractivity contribution is 0.314. The minimum Gasteiger partial charge on any atom is -0.358 e. The Morgan fingerprint density at radius 3 is 3.06 bits per heavy atom. The molecule has 1 atom stereocenters. The molecule has 1 aliphatic heterocycles. The van der Waals surface area contributed by atoms with Crippen molar-refractivity contribution in [1.82, 2.24) is 15.2 Å². The first-order chi connectivity index (χ1) is 8.70. The van der Waals surface area contributed by atoms with E-state index in [0.29, 0.717) is 6.04 Å². The normalized spacial score (nSPS) is 20.3. The minimum atomic E-state index is 0.671. The van der Waals surface area contributed by atoms with E-state index in [4.69, 9.17) is 0 Å². The molecule has 2 rings (SSSR count). The zero-order valence-corrected chi connectivity index (χ0v) is 11.7. The first-order valence-electron chi connectivity index (χ1n) is 6.71. The van der Waals surface area contributed by atoms with Gasteiger partial charge in [0.05, 0.1) is 0 Å². The highest BCUT2D eigenvalue weighted by Crippen LogP contribution is 2.18. The van der Waals surface area contributed by atoms with Crippen molar-refractivity contribution in [1.29, 1.82) is 0 Å². The Morgan fingerprint density at radius 2 is 2.39 bits per heavy atom. The molecule has 0 spiro atoms. The van der Waals surface area contributed by atoms with Crippen LogP contribution in [0.3, 0.4) is 0 Å². The molecule has 1 aromatic heterocycles. The molecule has 100 valence electrons. The fourth-order valence-electron chi connectivity index (χ4n) is 2.60. The number of nitrogens with one attached hydrogen (secondary N) is 1. The number of likely N-dealkylation sites (tertiary alicyclic amines) is 1. The van der Waals surface area contributed by atoms with Crippen LogP contribution < -0.4 is 10.2 Å². The van der Waals surface area contributed by atoms with E-state index in [2.05, 4.69) is 46.3 Å². The molecule has 1 aliphatic rings. The van der Waals surface area contributed by atoms with Gasteiger partial charge in [-0.15, -0.1) is 0 Å². The van der Waals surface area contributed by atoms with Crippen molar-refractivity contribution in [3.63, 3.8) is 0 Å². The van der Waals surface area contributed by atoms with Crippen molar-refractivity contribution in [3.05, 3.63) is 23.9 Å². The van der Waals surface area contributed by atoms with Crippen LogP contribution in [0.4, 0.5) is 5.82 Å². The third-order valence-corrected chi connectivity index (χ3v) is 3.74. The molecule has 1 saturated heterocycles. The third-order valence-electron chi connectivity index (χ3n) is 3.74. The average Bonchev–Trinajstić information content (AvgIpc) is 2.76. The largest absolute Gasteiger partial charge is 0.358 e. The molecule has 0 saturated carbocycles. The molecule has 1 aromatic rings. The second-order valence-electron chi connectivity index (χ2n) is 5.21. The van der Waals surface area contributed by atoms with E-state index in [0.717, 1.165) is 18.9 Å². The fourth-order valence-corrected chi connectivity index (χ4v) is 2.60. The number of rotatable bonds is 5. The lowest BCUT2D eigenvalue weighted by atomic mass is 10.2. The summed E-state index contributed by atoms with van der Waals surface area (Å²) in [6, 6.07) is 4.91. The second kappa shape index (κ2) is 6.16. The number of pyridine rings is 1. The zero-order chi connectivity index (χ0) is 13.0. The van der Waals surface area contributed by atoms with E-state index >= 15 is 0 Å². The van der Waals surface area contributed by atoms with Gasteiger partial charge >= 0.3 is 0 Å². The van der Waals surface area contributed by atoms with Crippen LogP contribution in [-0.4, -0.2) is 50.2 Å². The molecule has 0 bridgehead atoms. The van der Waals surface area contributed by atoms with E-state index < -0.39 is 0 Å². The highest BCUT2D eigenvalue weighted by atomic mass is 15.2. The van der Waals surface area contributed by atoms with Gasteiger partial charge in [0.1, 0.15) is 5.82 Å². The Balaban J connectivity index is 1.99. The van der Waals surface area contributed by atoms with E-state index in [1.165, 1.54) is 24.9 Å². The highest BCUT2D eigenvalue weighted by molar-refractivity contribution is 5.40. The van der Waals surface area contributed by atoms with Crippen LogP contribution in [0.5, 0.6) is 0 Å². The standard InChI is InChI=1S/C14H24N4/c1-15-10-12-6-7-16-14(9-12)18(3)11-13-5-4-8-17(13)2/h6-7,9,13,15H,4-5,8,10-11H2,1-3H3. The fraction of sp³-hybridized carbons (Fsp3) is 0.643. The van der Waals surface area contributed by atoms with Crippen LogP contribution in [0, 0.1) is 0 Å². The van der Waals surface area contributed by atoms with Crippen molar-refractivity contribution >= 4 is 5.82 Å². The Bertz CT molecular complexity index is 380. The van der Waals surface area contributed by atoms with Gasteiger partial charge in [-0.2, -0.15) is 0 Å². The Hall–Kier alpha value is -1.13. The van der Waals surface area contributed by atoms with E-state index in [1.54, 1.807) is 0 Å². The zero-order valence-electron chi connectivity index (χ0n) is 11.7. The van der Waals surface area contributed by atoms with Gasteiger partial charge in [0.25, 0.3) is 0 Å². The highest BCUT2D eigenvalue weighted by Gasteiger charge is 2.22. The van der Waals surface area contributed by atoms with E-state index in [9.17, 15) is 0 Å². The monoisotopic (exact) mass is 248 g/mol. The van der Waals surface area contributed by atoms with Crippen LogP contribution in [-0.2, 0) is 6.54 Å². The van der Waals surface area contributed by atoms with Crippen LogP contribution in [0.25, 0.3) is 0 Å². The number of hydrogen-bond acceptors (Lipinski definition) is 4. The summed E-state index contributed by atoms with van der Waals surface area (Å²) in [5.41, 5.74) is 1.29. The van der Waals surface area contributed by atoms with Gasteiger partial charge in [-0.3, -0.25) is 0 Å². The number of nitrogens with zero attached hydrogens (tertiary/aromatic N) is 3. The number of hydrogen-bond donors (Lipinski definition) is 1. The van der Waals surface area contributed by atoms with Crippen molar-refractivity contribution < 1.29 is 0 Å². The van der Waals surface area contributed by atoms with Crippen LogP contribution in [0.1, 0.15) is 18.4 Å². The average molecular weight is 248 g/mol.